The van der Waals surface area contributed by atoms with Crippen molar-refractivity contribution in [1.29, 1.82) is 0 Å². The van der Waals surface area contributed by atoms with Crippen LogP contribution in [0.5, 0.6) is 17.2 Å². The Morgan fingerprint density at radius 1 is 1.19 bits per heavy atom. The first-order chi connectivity index (χ1) is 10.1. The summed E-state index contributed by atoms with van der Waals surface area (Å²) in [6.45, 7) is 1.93. The van der Waals surface area contributed by atoms with E-state index >= 15 is 0 Å². The first kappa shape index (κ1) is 17.5. The Kier molecular flexibility index (Phi) is 7.22. The summed E-state index contributed by atoms with van der Waals surface area (Å²) < 4.78 is 15.9. The molecule has 6 heteroatoms. The van der Waals surface area contributed by atoms with Crippen LogP contribution in [0.4, 0.5) is 0 Å². The lowest BCUT2D eigenvalue weighted by molar-refractivity contribution is -0.121. The van der Waals surface area contributed by atoms with E-state index in [1.165, 1.54) is 0 Å². The highest BCUT2D eigenvalue weighted by molar-refractivity contribution is 7.98. The van der Waals surface area contributed by atoms with E-state index in [4.69, 9.17) is 14.2 Å². The number of methoxy groups -OCH3 is 3. The second kappa shape index (κ2) is 8.67. The SMILES string of the molecule is COc1cc([C@@H](C)NC(=O)CCSC)cc(OC)c1OC. The molecule has 1 atom stereocenters. The van der Waals surface area contributed by atoms with Crippen molar-refractivity contribution in [2.75, 3.05) is 33.3 Å². The molecule has 1 amide bonds. The van der Waals surface area contributed by atoms with Gasteiger partial charge in [0.15, 0.2) is 11.5 Å². The number of carbonyl (C=O) groups excluding carboxylic acids is 1. The van der Waals surface area contributed by atoms with Crippen molar-refractivity contribution in [1.82, 2.24) is 5.32 Å². The molecule has 5 nitrogen and oxygen atoms in total. The van der Waals surface area contributed by atoms with Crippen LogP contribution in [-0.2, 0) is 4.79 Å². The van der Waals surface area contributed by atoms with Gasteiger partial charge in [0, 0.05) is 12.2 Å². The third kappa shape index (κ3) is 4.74. The summed E-state index contributed by atoms with van der Waals surface area (Å²) >= 11 is 1.65. The maximum atomic E-state index is 11.8. The fourth-order valence-electron chi connectivity index (χ4n) is 1.94. The summed E-state index contributed by atoms with van der Waals surface area (Å²) in [7, 11) is 4.71. The molecule has 0 radical (unpaired) electrons. The number of ether oxygens (including phenoxy) is 3. The van der Waals surface area contributed by atoms with Crippen LogP contribution in [0.15, 0.2) is 12.1 Å². The number of benzene rings is 1. The molecule has 1 rings (SSSR count). The number of hydrogen-bond donors (Lipinski definition) is 1. The zero-order valence-corrected chi connectivity index (χ0v) is 14.0. The van der Waals surface area contributed by atoms with Gasteiger partial charge in [-0.2, -0.15) is 11.8 Å². The molecule has 0 aromatic heterocycles. The second-order valence-corrected chi connectivity index (χ2v) is 5.48. The number of hydrogen-bond acceptors (Lipinski definition) is 5. The van der Waals surface area contributed by atoms with Crippen LogP contribution in [0.25, 0.3) is 0 Å². The molecule has 1 N–H and O–H groups in total. The van der Waals surface area contributed by atoms with Gasteiger partial charge in [0.25, 0.3) is 0 Å². The summed E-state index contributed by atoms with van der Waals surface area (Å²) in [5.74, 6) is 2.55. The molecular formula is C15H23NO4S. The monoisotopic (exact) mass is 313 g/mol. The van der Waals surface area contributed by atoms with E-state index in [-0.39, 0.29) is 11.9 Å². The van der Waals surface area contributed by atoms with Crippen LogP contribution in [0, 0.1) is 0 Å². The van der Waals surface area contributed by atoms with Gasteiger partial charge in [0.05, 0.1) is 27.4 Å². The van der Waals surface area contributed by atoms with Gasteiger partial charge in [0.1, 0.15) is 0 Å². The van der Waals surface area contributed by atoms with E-state index in [0.29, 0.717) is 23.7 Å². The Morgan fingerprint density at radius 2 is 1.76 bits per heavy atom. The van der Waals surface area contributed by atoms with Crippen LogP contribution in [0.3, 0.4) is 0 Å². The van der Waals surface area contributed by atoms with E-state index in [2.05, 4.69) is 5.32 Å². The Labute approximate surface area is 130 Å². The lowest BCUT2D eigenvalue weighted by Crippen LogP contribution is -2.26. The Bertz CT molecular complexity index is 454. The van der Waals surface area contributed by atoms with E-state index in [1.54, 1.807) is 33.1 Å². The highest BCUT2D eigenvalue weighted by atomic mass is 32.2. The van der Waals surface area contributed by atoms with Crippen LogP contribution >= 0.6 is 11.8 Å². The van der Waals surface area contributed by atoms with Crippen molar-refractivity contribution < 1.29 is 19.0 Å². The topological polar surface area (TPSA) is 56.8 Å². The fraction of sp³-hybridized carbons (Fsp3) is 0.533. The predicted molar refractivity (Wildman–Crippen MR) is 85.7 cm³/mol. The molecule has 0 aliphatic rings. The Morgan fingerprint density at radius 3 is 2.19 bits per heavy atom. The molecule has 0 fully saturated rings. The number of carbonyl (C=O) groups is 1. The molecule has 1 aromatic rings. The molecule has 0 unspecified atom stereocenters. The number of rotatable bonds is 8. The van der Waals surface area contributed by atoms with Crippen LogP contribution in [0.1, 0.15) is 24.9 Å². The quantitative estimate of drug-likeness (QED) is 0.799. The van der Waals surface area contributed by atoms with E-state index in [0.717, 1.165) is 11.3 Å². The van der Waals surface area contributed by atoms with Crippen LogP contribution in [0.2, 0.25) is 0 Å². The van der Waals surface area contributed by atoms with Crippen molar-refractivity contribution in [3.8, 4) is 17.2 Å². The van der Waals surface area contributed by atoms with Crippen molar-refractivity contribution in [3.63, 3.8) is 0 Å². The summed E-state index contributed by atoms with van der Waals surface area (Å²) in [5.41, 5.74) is 0.905. The molecule has 0 bridgehead atoms. The Balaban J connectivity index is 2.94. The Hall–Kier alpha value is -1.56. The predicted octanol–water partition coefficient (Wildman–Crippen LogP) is 2.64. The first-order valence-electron chi connectivity index (χ1n) is 6.65. The lowest BCUT2D eigenvalue weighted by atomic mass is 10.1. The largest absolute Gasteiger partial charge is 0.493 e. The zero-order chi connectivity index (χ0) is 15.8. The fourth-order valence-corrected chi connectivity index (χ4v) is 2.33. The van der Waals surface area contributed by atoms with Gasteiger partial charge >= 0.3 is 0 Å². The smallest absolute Gasteiger partial charge is 0.221 e. The number of nitrogens with one attached hydrogen (secondary N) is 1. The van der Waals surface area contributed by atoms with Crippen LogP contribution in [-0.4, -0.2) is 39.2 Å². The third-order valence-corrected chi connectivity index (χ3v) is 3.71. The molecule has 0 aliphatic carbocycles. The number of thioether (sulfide) groups is 1. The second-order valence-electron chi connectivity index (χ2n) is 4.49. The zero-order valence-electron chi connectivity index (χ0n) is 13.2. The van der Waals surface area contributed by atoms with E-state index < -0.39 is 0 Å². The van der Waals surface area contributed by atoms with Crippen molar-refractivity contribution in [2.45, 2.75) is 19.4 Å². The molecule has 118 valence electrons. The minimum Gasteiger partial charge on any atom is -0.493 e. The van der Waals surface area contributed by atoms with Gasteiger partial charge in [-0.3, -0.25) is 4.79 Å². The molecule has 21 heavy (non-hydrogen) atoms. The standard InChI is InChI=1S/C15H23NO4S/c1-10(16-14(17)6-7-21-5)11-8-12(18-2)15(20-4)13(9-11)19-3/h8-10H,6-7H2,1-5H3,(H,16,17)/t10-/m1/s1. The van der Waals surface area contributed by atoms with Crippen LogP contribution < -0.4 is 19.5 Å². The van der Waals surface area contributed by atoms with Gasteiger partial charge in [-0.25, -0.2) is 0 Å². The van der Waals surface area contributed by atoms with Gasteiger partial charge in [0.2, 0.25) is 11.7 Å². The van der Waals surface area contributed by atoms with Gasteiger partial charge in [-0.15, -0.1) is 0 Å². The lowest BCUT2D eigenvalue weighted by Gasteiger charge is -2.18. The average molecular weight is 313 g/mol. The summed E-state index contributed by atoms with van der Waals surface area (Å²) in [6, 6.07) is 3.56. The molecule has 1 aromatic carbocycles. The minimum atomic E-state index is -0.131. The van der Waals surface area contributed by atoms with E-state index in [9.17, 15) is 4.79 Å². The third-order valence-electron chi connectivity index (χ3n) is 3.10. The molecule has 0 saturated carbocycles. The average Bonchev–Trinajstić information content (AvgIpc) is 2.51. The summed E-state index contributed by atoms with van der Waals surface area (Å²) in [5, 5.41) is 2.97. The summed E-state index contributed by atoms with van der Waals surface area (Å²) in [6.07, 6.45) is 2.49. The molecule has 0 spiro atoms. The van der Waals surface area contributed by atoms with Crippen molar-refractivity contribution in [3.05, 3.63) is 17.7 Å². The van der Waals surface area contributed by atoms with Gasteiger partial charge < -0.3 is 19.5 Å². The molecule has 0 aliphatic heterocycles. The summed E-state index contributed by atoms with van der Waals surface area (Å²) in [4.78, 5) is 11.8. The molecular weight excluding hydrogens is 290 g/mol. The van der Waals surface area contributed by atoms with Gasteiger partial charge in [-0.05, 0) is 30.9 Å². The minimum absolute atomic E-state index is 0.0330. The van der Waals surface area contributed by atoms with Crippen molar-refractivity contribution in [2.24, 2.45) is 0 Å². The molecule has 0 heterocycles. The normalized spacial score (nSPS) is 11.7. The van der Waals surface area contributed by atoms with Crippen molar-refractivity contribution >= 4 is 17.7 Å². The maximum Gasteiger partial charge on any atom is 0.221 e. The highest BCUT2D eigenvalue weighted by Crippen LogP contribution is 2.39. The first-order valence-corrected chi connectivity index (χ1v) is 8.04. The number of amides is 1. The van der Waals surface area contributed by atoms with Gasteiger partial charge in [-0.1, -0.05) is 0 Å². The molecule has 0 saturated heterocycles. The van der Waals surface area contributed by atoms with E-state index in [1.807, 2.05) is 25.3 Å². The maximum absolute atomic E-state index is 11.8. The highest BCUT2D eigenvalue weighted by Gasteiger charge is 2.17.